The molecular formula is C13H15FN2O4. The van der Waals surface area contributed by atoms with E-state index in [4.69, 9.17) is 0 Å². The van der Waals surface area contributed by atoms with E-state index in [1.54, 1.807) is 11.8 Å². The molecule has 0 bridgehead atoms. The molecule has 1 aromatic carbocycles. The average Bonchev–Trinajstić information content (AvgIpc) is 2.38. The van der Waals surface area contributed by atoms with Crippen molar-refractivity contribution in [3.63, 3.8) is 0 Å². The summed E-state index contributed by atoms with van der Waals surface area (Å²) in [6.07, 6.45) is 1.17. The van der Waals surface area contributed by atoms with Crippen molar-refractivity contribution in [1.82, 2.24) is 0 Å². The van der Waals surface area contributed by atoms with Gasteiger partial charge in [0, 0.05) is 19.2 Å². The second-order valence-electron chi connectivity index (χ2n) is 5.28. The molecule has 0 saturated carbocycles. The van der Waals surface area contributed by atoms with E-state index in [-0.39, 0.29) is 17.9 Å². The lowest BCUT2D eigenvalue weighted by Gasteiger charge is -2.38. The molecule has 0 spiro atoms. The maximum Gasteiger partial charge on any atom is 0.311 e. The van der Waals surface area contributed by atoms with Crippen molar-refractivity contribution in [3.05, 3.63) is 34.1 Å². The maximum absolute atomic E-state index is 14.0. The van der Waals surface area contributed by atoms with Crippen molar-refractivity contribution < 1.29 is 19.2 Å². The number of halogens is 1. The van der Waals surface area contributed by atoms with Gasteiger partial charge in [0.25, 0.3) is 5.69 Å². The van der Waals surface area contributed by atoms with Crippen LogP contribution in [0.3, 0.4) is 0 Å². The third-order valence-corrected chi connectivity index (χ3v) is 3.70. The first-order chi connectivity index (χ1) is 9.33. The Morgan fingerprint density at radius 3 is 2.80 bits per heavy atom. The van der Waals surface area contributed by atoms with Gasteiger partial charge in [-0.3, -0.25) is 14.9 Å². The minimum atomic E-state index is -0.924. The van der Waals surface area contributed by atoms with Gasteiger partial charge >= 0.3 is 5.97 Å². The lowest BCUT2D eigenvalue weighted by molar-refractivity contribution is -0.385. The molecule has 0 radical (unpaired) electrons. The van der Waals surface area contributed by atoms with E-state index in [0.717, 1.165) is 6.07 Å². The van der Waals surface area contributed by atoms with E-state index in [2.05, 4.69) is 0 Å². The molecule has 1 aliphatic rings. The predicted molar refractivity (Wildman–Crippen MR) is 70.2 cm³/mol. The van der Waals surface area contributed by atoms with Gasteiger partial charge in [-0.1, -0.05) is 0 Å². The second-order valence-corrected chi connectivity index (χ2v) is 5.28. The van der Waals surface area contributed by atoms with Crippen LogP contribution in [0.25, 0.3) is 0 Å². The highest BCUT2D eigenvalue weighted by Crippen LogP contribution is 2.34. The Labute approximate surface area is 115 Å². The number of aliphatic carboxylic acids is 1. The largest absolute Gasteiger partial charge is 0.481 e. The molecule has 1 atom stereocenters. The smallest absolute Gasteiger partial charge is 0.311 e. The highest BCUT2D eigenvalue weighted by Gasteiger charge is 2.38. The van der Waals surface area contributed by atoms with Gasteiger partial charge in [-0.15, -0.1) is 0 Å². The van der Waals surface area contributed by atoms with E-state index < -0.39 is 22.1 Å². The molecule has 1 saturated heterocycles. The number of nitrogens with zero attached hydrogens (tertiary/aromatic N) is 2. The topological polar surface area (TPSA) is 83.7 Å². The average molecular weight is 282 g/mol. The van der Waals surface area contributed by atoms with Gasteiger partial charge in [0.15, 0.2) is 5.82 Å². The number of piperidine rings is 1. The zero-order chi connectivity index (χ0) is 14.9. The van der Waals surface area contributed by atoms with Gasteiger partial charge in [-0.05, 0) is 25.8 Å². The first kappa shape index (κ1) is 14.2. The van der Waals surface area contributed by atoms with Crippen LogP contribution >= 0.6 is 0 Å². The Morgan fingerprint density at radius 1 is 1.55 bits per heavy atom. The zero-order valence-electron chi connectivity index (χ0n) is 11.0. The molecule has 7 heteroatoms. The summed E-state index contributed by atoms with van der Waals surface area (Å²) in [5.41, 5.74) is -1.03. The molecule has 1 heterocycles. The molecule has 2 rings (SSSR count). The normalized spacial score (nSPS) is 22.6. The van der Waals surface area contributed by atoms with Crippen LogP contribution in [0.15, 0.2) is 18.2 Å². The summed E-state index contributed by atoms with van der Waals surface area (Å²) in [6, 6.07) is 3.42. The molecular weight excluding hydrogens is 267 g/mol. The fraction of sp³-hybridized carbons (Fsp3) is 0.462. The number of hydrogen-bond donors (Lipinski definition) is 1. The molecule has 1 N–H and O–H groups in total. The Balaban J connectivity index is 2.28. The van der Waals surface area contributed by atoms with Crippen molar-refractivity contribution in [2.75, 3.05) is 18.0 Å². The SMILES string of the molecule is CC1(C(=O)O)CCCN(c2ccc([N+](=O)[O-])cc2F)C1. The lowest BCUT2D eigenvalue weighted by Crippen LogP contribution is -2.46. The van der Waals surface area contributed by atoms with Crippen LogP contribution in [0, 0.1) is 21.3 Å². The zero-order valence-corrected chi connectivity index (χ0v) is 11.0. The first-order valence-corrected chi connectivity index (χ1v) is 6.26. The minimum absolute atomic E-state index is 0.192. The van der Waals surface area contributed by atoms with Crippen LogP contribution in [0.4, 0.5) is 15.8 Å². The summed E-state index contributed by atoms with van der Waals surface area (Å²) < 4.78 is 14.0. The molecule has 0 amide bonds. The van der Waals surface area contributed by atoms with Crippen molar-refractivity contribution in [3.8, 4) is 0 Å². The summed E-state index contributed by atoms with van der Waals surface area (Å²) in [4.78, 5) is 22.8. The fourth-order valence-corrected chi connectivity index (χ4v) is 2.49. The number of benzene rings is 1. The predicted octanol–water partition coefficient (Wildman–Crippen LogP) is 2.43. The number of rotatable bonds is 3. The Kier molecular flexibility index (Phi) is 3.61. The fourth-order valence-electron chi connectivity index (χ4n) is 2.49. The van der Waals surface area contributed by atoms with E-state index in [1.807, 2.05) is 0 Å². The number of carboxylic acids is 1. The van der Waals surface area contributed by atoms with Crippen molar-refractivity contribution in [1.29, 1.82) is 0 Å². The summed E-state index contributed by atoms with van der Waals surface area (Å²) in [6.45, 7) is 2.36. The monoisotopic (exact) mass is 282 g/mol. The molecule has 1 aliphatic heterocycles. The van der Waals surface area contributed by atoms with Gasteiger partial charge < -0.3 is 10.0 Å². The lowest BCUT2D eigenvalue weighted by atomic mass is 9.82. The van der Waals surface area contributed by atoms with Crippen LogP contribution in [0.5, 0.6) is 0 Å². The molecule has 20 heavy (non-hydrogen) atoms. The minimum Gasteiger partial charge on any atom is -0.481 e. The molecule has 108 valence electrons. The van der Waals surface area contributed by atoms with Gasteiger partial charge in [0.2, 0.25) is 0 Å². The second kappa shape index (κ2) is 5.07. The van der Waals surface area contributed by atoms with Gasteiger partial charge in [-0.25, -0.2) is 4.39 Å². The van der Waals surface area contributed by atoms with Gasteiger partial charge in [0.1, 0.15) is 0 Å². The van der Waals surface area contributed by atoms with Crippen molar-refractivity contribution >= 4 is 17.3 Å². The number of non-ortho nitro benzene ring substituents is 1. The van der Waals surface area contributed by atoms with Crippen LogP contribution < -0.4 is 4.90 Å². The quantitative estimate of drug-likeness (QED) is 0.680. The van der Waals surface area contributed by atoms with Crippen molar-refractivity contribution in [2.45, 2.75) is 19.8 Å². The van der Waals surface area contributed by atoms with Crippen LogP contribution in [-0.4, -0.2) is 29.1 Å². The third-order valence-electron chi connectivity index (χ3n) is 3.70. The number of nitro groups is 1. The van der Waals surface area contributed by atoms with E-state index in [1.165, 1.54) is 12.1 Å². The maximum atomic E-state index is 14.0. The summed E-state index contributed by atoms with van der Waals surface area (Å²) >= 11 is 0. The Bertz CT molecular complexity index is 563. The third kappa shape index (κ3) is 2.56. The van der Waals surface area contributed by atoms with E-state index in [0.29, 0.717) is 19.4 Å². The van der Waals surface area contributed by atoms with Crippen LogP contribution in [-0.2, 0) is 4.79 Å². The van der Waals surface area contributed by atoms with Gasteiger partial charge in [-0.2, -0.15) is 0 Å². The number of carbonyl (C=O) groups is 1. The van der Waals surface area contributed by atoms with E-state index >= 15 is 0 Å². The number of nitro benzene ring substituents is 1. The Hall–Kier alpha value is -2.18. The highest BCUT2D eigenvalue weighted by molar-refractivity contribution is 5.75. The van der Waals surface area contributed by atoms with Gasteiger partial charge in [0.05, 0.1) is 22.1 Å². The summed E-state index contributed by atoms with van der Waals surface area (Å²) in [5.74, 6) is -1.61. The summed E-state index contributed by atoms with van der Waals surface area (Å²) in [5, 5.41) is 19.8. The van der Waals surface area contributed by atoms with Crippen LogP contribution in [0.2, 0.25) is 0 Å². The van der Waals surface area contributed by atoms with E-state index in [9.17, 15) is 24.4 Å². The highest BCUT2D eigenvalue weighted by atomic mass is 19.1. The Morgan fingerprint density at radius 2 is 2.25 bits per heavy atom. The number of hydrogen-bond acceptors (Lipinski definition) is 4. The number of carboxylic acid groups (broad SMARTS) is 1. The molecule has 0 aromatic heterocycles. The molecule has 0 aliphatic carbocycles. The molecule has 1 aromatic rings. The molecule has 1 unspecified atom stereocenters. The molecule has 6 nitrogen and oxygen atoms in total. The first-order valence-electron chi connectivity index (χ1n) is 6.26. The standard InChI is InChI=1S/C13H15FN2O4/c1-13(12(17)18)5-2-6-15(8-13)11-4-3-9(16(19)20)7-10(11)14/h3-4,7H,2,5-6,8H2,1H3,(H,17,18). The molecule has 1 fully saturated rings. The summed E-state index contributed by atoms with van der Waals surface area (Å²) in [7, 11) is 0. The van der Waals surface area contributed by atoms with Crippen LogP contribution in [0.1, 0.15) is 19.8 Å². The number of anilines is 1. The van der Waals surface area contributed by atoms with Crippen molar-refractivity contribution in [2.24, 2.45) is 5.41 Å².